The Morgan fingerprint density at radius 2 is 2.27 bits per heavy atom. The molecular weight excluding hydrogens is 140 g/mol. The number of nitrogen functional groups attached to an aromatic ring is 1. The summed E-state index contributed by atoms with van der Waals surface area (Å²) in [7, 11) is 0. The molecule has 4 heteroatoms. The lowest BCUT2D eigenvalue weighted by Crippen LogP contribution is -1.75. The maximum Gasteiger partial charge on any atom is 0.0580 e. The molecular formula is C7H8N4. The van der Waals surface area contributed by atoms with Crippen LogP contribution in [0.1, 0.15) is 0 Å². The van der Waals surface area contributed by atoms with Crippen LogP contribution in [0, 0.1) is 0 Å². The summed E-state index contributed by atoms with van der Waals surface area (Å²) in [6.07, 6.45) is 5.30. The zero-order valence-electron chi connectivity index (χ0n) is 5.83. The van der Waals surface area contributed by atoms with Gasteiger partial charge in [-0.15, -0.1) is 0 Å². The molecule has 0 saturated carbocycles. The van der Waals surface area contributed by atoms with Gasteiger partial charge in [-0.25, -0.2) is 0 Å². The van der Waals surface area contributed by atoms with Crippen LogP contribution in [-0.2, 0) is 0 Å². The summed E-state index contributed by atoms with van der Waals surface area (Å²) >= 11 is 0. The van der Waals surface area contributed by atoms with Crippen LogP contribution in [0.3, 0.4) is 0 Å². The SMILES string of the molecule is Nc1c[nH]c(-c2cn[nH]c2)c1. The highest BCUT2D eigenvalue weighted by atomic mass is 15.1. The largest absolute Gasteiger partial charge is 0.397 e. The number of hydrogen-bond donors (Lipinski definition) is 3. The lowest BCUT2D eigenvalue weighted by Gasteiger charge is -1.86. The van der Waals surface area contributed by atoms with Crippen molar-refractivity contribution in [3.63, 3.8) is 0 Å². The molecule has 0 aliphatic rings. The van der Waals surface area contributed by atoms with E-state index in [1.54, 1.807) is 12.4 Å². The van der Waals surface area contributed by atoms with Gasteiger partial charge in [-0.3, -0.25) is 5.10 Å². The number of nitrogens with one attached hydrogen (secondary N) is 2. The second-order valence-corrected chi connectivity index (χ2v) is 2.33. The van der Waals surface area contributed by atoms with Crippen molar-refractivity contribution in [3.8, 4) is 11.3 Å². The average Bonchev–Trinajstić information content (AvgIpc) is 2.55. The fraction of sp³-hybridized carbons (Fsp3) is 0. The van der Waals surface area contributed by atoms with E-state index in [1.807, 2.05) is 12.3 Å². The quantitative estimate of drug-likeness (QED) is 0.564. The predicted octanol–water partition coefficient (Wildman–Crippen LogP) is 0.987. The van der Waals surface area contributed by atoms with Crippen LogP contribution in [-0.4, -0.2) is 15.2 Å². The normalized spacial score (nSPS) is 10.2. The van der Waals surface area contributed by atoms with Gasteiger partial charge in [0.2, 0.25) is 0 Å². The van der Waals surface area contributed by atoms with Gasteiger partial charge in [-0.1, -0.05) is 0 Å². The van der Waals surface area contributed by atoms with E-state index in [0.717, 1.165) is 16.9 Å². The van der Waals surface area contributed by atoms with Crippen LogP contribution in [0.2, 0.25) is 0 Å². The molecule has 0 aliphatic carbocycles. The first-order valence-corrected chi connectivity index (χ1v) is 3.29. The number of nitrogens with zero attached hydrogens (tertiary/aromatic N) is 1. The van der Waals surface area contributed by atoms with Gasteiger partial charge in [0, 0.05) is 23.6 Å². The number of aromatic amines is 2. The highest BCUT2D eigenvalue weighted by Crippen LogP contribution is 2.17. The zero-order chi connectivity index (χ0) is 7.68. The van der Waals surface area contributed by atoms with E-state index in [0.29, 0.717) is 0 Å². The van der Waals surface area contributed by atoms with Crippen LogP contribution >= 0.6 is 0 Å². The Labute approximate surface area is 63.4 Å². The Hall–Kier alpha value is -1.71. The molecule has 56 valence electrons. The molecule has 0 amide bonds. The van der Waals surface area contributed by atoms with Crippen molar-refractivity contribution in [1.29, 1.82) is 0 Å². The van der Waals surface area contributed by atoms with Crippen molar-refractivity contribution >= 4 is 5.69 Å². The molecule has 2 heterocycles. The molecule has 4 nitrogen and oxygen atoms in total. The third-order valence-corrected chi connectivity index (χ3v) is 1.51. The van der Waals surface area contributed by atoms with Crippen LogP contribution in [0.5, 0.6) is 0 Å². The fourth-order valence-corrected chi connectivity index (χ4v) is 0.976. The van der Waals surface area contributed by atoms with E-state index < -0.39 is 0 Å². The van der Waals surface area contributed by atoms with E-state index in [9.17, 15) is 0 Å². The summed E-state index contributed by atoms with van der Waals surface area (Å²) in [6, 6.07) is 1.87. The summed E-state index contributed by atoms with van der Waals surface area (Å²) in [6.45, 7) is 0. The monoisotopic (exact) mass is 148 g/mol. The Morgan fingerprint density at radius 1 is 1.36 bits per heavy atom. The first kappa shape index (κ1) is 6.03. The number of anilines is 1. The molecule has 11 heavy (non-hydrogen) atoms. The number of aromatic nitrogens is 3. The average molecular weight is 148 g/mol. The highest BCUT2D eigenvalue weighted by Gasteiger charge is 1.99. The van der Waals surface area contributed by atoms with E-state index >= 15 is 0 Å². The minimum Gasteiger partial charge on any atom is -0.397 e. The Bertz CT molecular complexity index is 333. The second-order valence-electron chi connectivity index (χ2n) is 2.33. The number of hydrogen-bond acceptors (Lipinski definition) is 2. The van der Waals surface area contributed by atoms with E-state index in [1.165, 1.54) is 0 Å². The molecule has 0 radical (unpaired) electrons. The first-order chi connectivity index (χ1) is 5.36. The molecule has 0 aromatic carbocycles. The van der Waals surface area contributed by atoms with Crippen molar-refractivity contribution in [1.82, 2.24) is 15.2 Å². The summed E-state index contributed by atoms with van der Waals surface area (Å²) in [5.41, 5.74) is 8.26. The van der Waals surface area contributed by atoms with E-state index in [4.69, 9.17) is 5.73 Å². The van der Waals surface area contributed by atoms with E-state index in [2.05, 4.69) is 15.2 Å². The Kier molecular flexibility index (Phi) is 1.18. The molecule has 0 aliphatic heterocycles. The van der Waals surface area contributed by atoms with Crippen molar-refractivity contribution in [2.24, 2.45) is 0 Å². The second kappa shape index (κ2) is 2.16. The van der Waals surface area contributed by atoms with Crippen LogP contribution in [0.15, 0.2) is 24.7 Å². The lowest BCUT2D eigenvalue weighted by atomic mass is 10.3. The lowest BCUT2D eigenvalue weighted by molar-refractivity contribution is 1.09. The molecule has 0 unspecified atom stereocenters. The van der Waals surface area contributed by atoms with Gasteiger partial charge in [0.05, 0.1) is 11.9 Å². The van der Waals surface area contributed by atoms with Gasteiger partial charge in [0.25, 0.3) is 0 Å². The fourth-order valence-electron chi connectivity index (χ4n) is 0.976. The first-order valence-electron chi connectivity index (χ1n) is 3.29. The summed E-state index contributed by atoms with van der Waals surface area (Å²) in [5.74, 6) is 0. The van der Waals surface area contributed by atoms with Crippen molar-refractivity contribution in [3.05, 3.63) is 24.7 Å². The summed E-state index contributed by atoms with van der Waals surface area (Å²) in [5, 5.41) is 6.55. The molecule has 4 N–H and O–H groups in total. The molecule has 0 atom stereocenters. The summed E-state index contributed by atoms with van der Waals surface area (Å²) in [4.78, 5) is 3.02. The van der Waals surface area contributed by atoms with Gasteiger partial charge >= 0.3 is 0 Å². The molecule has 2 aromatic rings. The van der Waals surface area contributed by atoms with Gasteiger partial charge in [-0.2, -0.15) is 5.10 Å². The molecule has 0 bridgehead atoms. The van der Waals surface area contributed by atoms with Crippen LogP contribution in [0.4, 0.5) is 5.69 Å². The predicted molar refractivity (Wildman–Crippen MR) is 42.8 cm³/mol. The zero-order valence-corrected chi connectivity index (χ0v) is 5.83. The van der Waals surface area contributed by atoms with Crippen LogP contribution in [0.25, 0.3) is 11.3 Å². The molecule has 0 saturated heterocycles. The van der Waals surface area contributed by atoms with Crippen molar-refractivity contribution in [2.75, 3.05) is 5.73 Å². The van der Waals surface area contributed by atoms with Gasteiger partial charge in [0.15, 0.2) is 0 Å². The summed E-state index contributed by atoms with van der Waals surface area (Å²) < 4.78 is 0. The molecule has 2 rings (SSSR count). The third kappa shape index (κ3) is 0.980. The van der Waals surface area contributed by atoms with Crippen molar-refractivity contribution in [2.45, 2.75) is 0 Å². The van der Waals surface area contributed by atoms with E-state index in [-0.39, 0.29) is 0 Å². The van der Waals surface area contributed by atoms with Crippen LogP contribution < -0.4 is 5.73 Å². The highest BCUT2D eigenvalue weighted by molar-refractivity contribution is 5.62. The molecule has 0 spiro atoms. The minimum absolute atomic E-state index is 0.737. The smallest absolute Gasteiger partial charge is 0.0580 e. The van der Waals surface area contributed by atoms with Crippen molar-refractivity contribution < 1.29 is 0 Å². The maximum atomic E-state index is 5.52. The molecule has 2 aromatic heterocycles. The number of nitrogens with two attached hydrogens (primary N) is 1. The maximum absolute atomic E-state index is 5.52. The topological polar surface area (TPSA) is 70.5 Å². The van der Waals surface area contributed by atoms with Gasteiger partial charge in [0.1, 0.15) is 0 Å². The Balaban J connectivity index is 2.45. The third-order valence-electron chi connectivity index (χ3n) is 1.51. The van der Waals surface area contributed by atoms with Gasteiger partial charge in [-0.05, 0) is 6.07 Å². The number of H-pyrrole nitrogens is 2. The standard InChI is InChI=1S/C7H8N4/c8-6-1-7(9-4-6)5-2-10-11-3-5/h1-4,9H,8H2,(H,10,11). The molecule has 0 fully saturated rings. The minimum atomic E-state index is 0.737. The van der Waals surface area contributed by atoms with Gasteiger partial charge < -0.3 is 10.7 Å². The Morgan fingerprint density at radius 3 is 2.82 bits per heavy atom. The number of rotatable bonds is 1.